The number of rotatable bonds is 4. The lowest BCUT2D eigenvalue weighted by molar-refractivity contribution is 0.734. The van der Waals surface area contributed by atoms with Gasteiger partial charge in [0.25, 0.3) is 0 Å². The van der Waals surface area contributed by atoms with Gasteiger partial charge in [-0.15, -0.1) is 0 Å². The minimum absolute atomic E-state index is 0.143. The van der Waals surface area contributed by atoms with Crippen molar-refractivity contribution in [3.8, 4) is 0 Å². The molecule has 0 saturated carbocycles. The fraction of sp³-hybridized carbons (Fsp3) is 0.294. The lowest BCUT2D eigenvalue weighted by atomic mass is 10.1. The minimum Gasteiger partial charge on any atom is -0.328 e. The summed E-state index contributed by atoms with van der Waals surface area (Å²) >= 11 is 0. The van der Waals surface area contributed by atoms with Gasteiger partial charge in [-0.1, -0.05) is 6.07 Å². The highest BCUT2D eigenvalue weighted by molar-refractivity contribution is 5.80. The summed E-state index contributed by atoms with van der Waals surface area (Å²) in [6.07, 6.45) is 8.65. The van der Waals surface area contributed by atoms with Crippen LogP contribution in [0.25, 0.3) is 11.0 Å². The van der Waals surface area contributed by atoms with Gasteiger partial charge in [-0.2, -0.15) is 0 Å². The zero-order chi connectivity index (χ0) is 14.8. The summed E-state index contributed by atoms with van der Waals surface area (Å²) < 4.78 is 2.18. The summed E-state index contributed by atoms with van der Waals surface area (Å²) in [4.78, 5) is 8.79. The van der Waals surface area contributed by atoms with E-state index in [0.29, 0.717) is 0 Å². The van der Waals surface area contributed by atoms with Crippen LogP contribution in [0.2, 0.25) is 0 Å². The molecule has 0 bridgehead atoms. The van der Waals surface area contributed by atoms with Gasteiger partial charge >= 0.3 is 0 Å². The molecule has 0 aliphatic carbocycles. The molecule has 3 aromatic rings. The topological polar surface area (TPSA) is 56.7 Å². The Hall–Kier alpha value is -2.20. The second-order valence-corrected chi connectivity index (χ2v) is 5.71. The molecule has 21 heavy (non-hydrogen) atoms. The lowest BCUT2D eigenvalue weighted by Gasteiger charge is -2.05. The summed E-state index contributed by atoms with van der Waals surface area (Å²) in [7, 11) is 0. The standard InChI is InChI=1S/C17H20N4/c1-12-6-14(9-19-8-12)10-21-11-15(7-13(2)18)16-4-3-5-20-17(16)21/h3-6,8-9,11,13H,7,10,18H2,1-2H3. The average Bonchev–Trinajstić information content (AvgIpc) is 2.77. The van der Waals surface area contributed by atoms with Crippen molar-refractivity contribution in [2.45, 2.75) is 32.9 Å². The van der Waals surface area contributed by atoms with Crippen LogP contribution in [0.3, 0.4) is 0 Å². The number of pyridine rings is 2. The van der Waals surface area contributed by atoms with Crippen molar-refractivity contribution < 1.29 is 0 Å². The fourth-order valence-electron chi connectivity index (χ4n) is 2.73. The van der Waals surface area contributed by atoms with Crippen LogP contribution in [-0.4, -0.2) is 20.6 Å². The number of fused-ring (bicyclic) bond motifs is 1. The molecule has 0 aliphatic rings. The van der Waals surface area contributed by atoms with Crippen molar-refractivity contribution in [1.29, 1.82) is 0 Å². The van der Waals surface area contributed by atoms with Gasteiger partial charge in [0, 0.05) is 36.2 Å². The van der Waals surface area contributed by atoms with Crippen molar-refractivity contribution in [1.82, 2.24) is 14.5 Å². The van der Waals surface area contributed by atoms with Crippen LogP contribution in [0.4, 0.5) is 0 Å². The normalized spacial score (nSPS) is 12.7. The molecule has 108 valence electrons. The zero-order valence-electron chi connectivity index (χ0n) is 12.5. The zero-order valence-corrected chi connectivity index (χ0v) is 12.5. The van der Waals surface area contributed by atoms with Crippen molar-refractivity contribution in [3.63, 3.8) is 0 Å². The molecule has 3 heterocycles. The van der Waals surface area contributed by atoms with E-state index in [9.17, 15) is 0 Å². The number of aryl methyl sites for hydroxylation is 1. The molecule has 4 heteroatoms. The van der Waals surface area contributed by atoms with E-state index in [0.717, 1.165) is 18.6 Å². The molecule has 1 atom stereocenters. The van der Waals surface area contributed by atoms with E-state index in [4.69, 9.17) is 5.73 Å². The molecule has 0 aliphatic heterocycles. The third-order valence-electron chi connectivity index (χ3n) is 3.54. The Labute approximate surface area is 124 Å². The second kappa shape index (κ2) is 5.66. The largest absolute Gasteiger partial charge is 0.328 e. The van der Waals surface area contributed by atoms with Crippen LogP contribution in [0, 0.1) is 6.92 Å². The Kier molecular flexibility index (Phi) is 3.71. The number of aromatic nitrogens is 3. The first-order valence-corrected chi connectivity index (χ1v) is 7.22. The predicted octanol–water partition coefficient (Wildman–Crippen LogP) is 2.68. The Bertz CT molecular complexity index is 758. The molecule has 0 amide bonds. The molecule has 2 N–H and O–H groups in total. The predicted molar refractivity (Wildman–Crippen MR) is 85.2 cm³/mol. The van der Waals surface area contributed by atoms with Crippen molar-refractivity contribution in [2.75, 3.05) is 0 Å². The van der Waals surface area contributed by atoms with Gasteiger partial charge < -0.3 is 10.3 Å². The molecule has 0 fully saturated rings. The summed E-state index contributed by atoms with van der Waals surface area (Å²) in [5.74, 6) is 0. The number of nitrogens with zero attached hydrogens (tertiary/aromatic N) is 3. The number of nitrogens with two attached hydrogens (primary N) is 1. The van der Waals surface area contributed by atoms with E-state index in [1.54, 1.807) is 0 Å². The van der Waals surface area contributed by atoms with E-state index in [1.165, 1.54) is 22.1 Å². The summed E-state index contributed by atoms with van der Waals surface area (Å²) in [5, 5.41) is 1.19. The van der Waals surface area contributed by atoms with Crippen LogP contribution >= 0.6 is 0 Å². The van der Waals surface area contributed by atoms with Crippen LogP contribution in [-0.2, 0) is 13.0 Å². The smallest absolute Gasteiger partial charge is 0.140 e. The molecule has 0 aromatic carbocycles. The first-order valence-electron chi connectivity index (χ1n) is 7.22. The Balaban J connectivity index is 2.02. The van der Waals surface area contributed by atoms with E-state index < -0.39 is 0 Å². The van der Waals surface area contributed by atoms with Gasteiger partial charge in [0.2, 0.25) is 0 Å². The van der Waals surface area contributed by atoms with Crippen LogP contribution in [0.1, 0.15) is 23.6 Å². The molecule has 3 aromatic heterocycles. The first-order chi connectivity index (χ1) is 10.1. The number of hydrogen-bond acceptors (Lipinski definition) is 3. The van der Waals surface area contributed by atoms with Gasteiger partial charge in [0.05, 0.1) is 6.54 Å². The molecule has 0 radical (unpaired) electrons. The van der Waals surface area contributed by atoms with Gasteiger partial charge in [-0.25, -0.2) is 4.98 Å². The van der Waals surface area contributed by atoms with Crippen molar-refractivity contribution in [3.05, 3.63) is 59.7 Å². The summed E-state index contributed by atoms with van der Waals surface area (Å²) in [5.41, 5.74) is 10.6. The Morgan fingerprint density at radius 2 is 2.19 bits per heavy atom. The minimum atomic E-state index is 0.143. The third-order valence-corrected chi connectivity index (χ3v) is 3.54. The second-order valence-electron chi connectivity index (χ2n) is 5.71. The molecule has 4 nitrogen and oxygen atoms in total. The van der Waals surface area contributed by atoms with Crippen LogP contribution in [0.5, 0.6) is 0 Å². The quantitative estimate of drug-likeness (QED) is 0.799. The maximum atomic E-state index is 5.96. The Morgan fingerprint density at radius 3 is 2.95 bits per heavy atom. The van der Waals surface area contributed by atoms with Gasteiger partial charge in [-0.3, -0.25) is 4.98 Å². The average molecular weight is 280 g/mol. The van der Waals surface area contributed by atoms with Crippen LogP contribution in [0.15, 0.2) is 43.0 Å². The summed E-state index contributed by atoms with van der Waals surface area (Å²) in [6.45, 7) is 4.87. The molecule has 1 unspecified atom stereocenters. The van der Waals surface area contributed by atoms with E-state index in [-0.39, 0.29) is 6.04 Å². The van der Waals surface area contributed by atoms with Gasteiger partial charge in [-0.05, 0) is 49.1 Å². The van der Waals surface area contributed by atoms with E-state index in [2.05, 4.69) is 39.8 Å². The molecule has 0 saturated heterocycles. The molecule has 0 spiro atoms. The van der Waals surface area contributed by atoms with Crippen molar-refractivity contribution in [2.24, 2.45) is 5.73 Å². The third kappa shape index (κ3) is 2.95. The van der Waals surface area contributed by atoms with Crippen LogP contribution < -0.4 is 5.73 Å². The fourth-order valence-corrected chi connectivity index (χ4v) is 2.73. The lowest BCUT2D eigenvalue weighted by Crippen LogP contribution is -2.17. The van der Waals surface area contributed by atoms with Gasteiger partial charge in [0.15, 0.2) is 0 Å². The Morgan fingerprint density at radius 1 is 1.33 bits per heavy atom. The van der Waals surface area contributed by atoms with E-state index in [1.807, 2.05) is 31.6 Å². The highest BCUT2D eigenvalue weighted by Crippen LogP contribution is 2.21. The highest BCUT2D eigenvalue weighted by atomic mass is 15.0. The molecular formula is C17H20N4. The molecular weight excluding hydrogens is 260 g/mol. The van der Waals surface area contributed by atoms with Crippen molar-refractivity contribution >= 4 is 11.0 Å². The van der Waals surface area contributed by atoms with E-state index >= 15 is 0 Å². The maximum absolute atomic E-state index is 5.96. The molecule has 3 rings (SSSR count). The SMILES string of the molecule is Cc1cncc(Cn2cc(CC(C)N)c3cccnc32)c1. The van der Waals surface area contributed by atoms with Gasteiger partial charge in [0.1, 0.15) is 5.65 Å². The number of hydrogen-bond donors (Lipinski definition) is 1. The highest BCUT2D eigenvalue weighted by Gasteiger charge is 2.11. The monoisotopic (exact) mass is 280 g/mol. The first kappa shape index (κ1) is 13.8. The summed E-state index contributed by atoms with van der Waals surface area (Å²) in [6, 6.07) is 6.40. The maximum Gasteiger partial charge on any atom is 0.140 e.